The second-order valence-corrected chi connectivity index (χ2v) is 6.67. The Morgan fingerprint density at radius 3 is 1.95 bits per heavy atom. The molecule has 0 amide bonds. The smallest absolute Gasteiger partial charge is 0.216 e. The Morgan fingerprint density at radius 2 is 1.53 bits per heavy atom. The van der Waals surface area contributed by atoms with Gasteiger partial charge in [0.15, 0.2) is 0 Å². The van der Waals surface area contributed by atoms with Crippen LogP contribution in [0.25, 0.3) is 0 Å². The molecule has 0 unspecified atom stereocenters. The van der Waals surface area contributed by atoms with Crippen molar-refractivity contribution in [3.8, 4) is 0 Å². The van der Waals surface area contributed by atoms with Crippen molar-refractivity contribution in [3.63, 3.8) is 0 Å². The zero-order valence-electron chi connectivity index (χ0n) is 11.9. The zero-order valence-corrected chi connectivity index (χ0v) is 12.8. The van der Waals surface area contributed by atoms with Crippen LogP contribution in [0.15, 0.2) is 24.3 Å². The first-order chi connectivity index (χ1) is 8.86. The summed E-state index contributed by atoms with van der Waals surface area (Å²) < 4.78 is 27.3. The summed E-state index contributed by atoms with van der Waals surface area (Å²) in [6.07, 6.45) is 2.38. The number of benzene rings is 1. The van der Waals surface area contributed by atoms with E-state index in [1.54, 1.807) is 24.3 Å². The Hall–Kier alpha value is -1.07. The SMILES string of the molecule is CCC(CC)(CC)NS(=O)(=O)Cc1ccc(N)cc1. The summed E-state index contributed by atoms with van der Waals surface area (Å²) in [6, 6.07) is 6.94. The van der Waals surface area contributed by atoms with Gasteiger partial charge in [0.05, 0.1) is 5.75 Å². The molecule has 0 saturated heterocycles. The number of nitrogens with two attached hydrogens (primary N) is 1. The van der Waals surface area contributed by atoms with Crippen LogP contribution in [0.1, 0.15) is 45.6 Å². The topological polar surface area (TPSA) is 72.2 Å². The monoisotopic (exact) mass is 284 g/mol. The van der Waals surface area contributed by atoms with Gasteiger partial charge < -0.3 is 5.73 Å². The molecule has 1 aromatic carbocycles. The van der Waals surface area contributed by atoms with Crippen LogP contribution < -0.4 is 10.5 Å². The summed E-state index contributed by atoms with van der Waals surface area (Å²) in [5.74, 6) is -0.00493. The molecule has 0 heterocycles. The maximum Gasteiger partial charge on any atom is 0.216 e. The van der Waals surface area contributed by atoms with Gasteiger partial charge in [0.25, 0.3) is 0 Å². The Morgan fingerprint density at radius 1 is 1.05 bits per heavy atom. The van der Waals surface area contributed by atoms with Crippen molar-refractivity contribution < 1.29 is 8.42 Å². The van der Waals surface area contributed by atoms with Gasteiger partial charge in [-0.15, -0.1) is 0 Å². The van der Waals surface area contributed by atoms with E-state index in [0.29, 0.717) is 5.69 Å². The van der Waals surface area contributed by atoms with E-state index in [0.717, 1.165) is 24.8 Å². The highest BCUT2D eigenvalue weighted by molar-refractivity contribution is 7.88. The number of rotatable bonds is 7. The Kier molecular flexibility index (Phi) is 5.38. The summed E-state index contributed by atoms with van der Waals surface area (Å²) in [5.41, 5.74) is 6.65. The molecule has 0 aliphatic heterocycles. The molecule has 0 atom stereocenters. The van der Waals surface area contributed by atoms with Crippen molar-refractivity contribution in [3.05, 3.63) is 29.8 Å². The highest BCUT2D eigenvalue weighted by Gasteiger charge is 2.29. The van der Waals surface area contributed by atoms with Crippen LogP contribution in [-0.2, 0) is 15.8 Å². The van der Waals surface area contributed by atoms with Gasteiger partial charge in [0, 0.05) is 11.2 Å². The van der Waals surface area contributed by atoms with Crippen molar-refractivity contribution in [2.45, 2.75) is 51.3 Å². The third kappa shape index (κ3) is 4.51. The lowest BCUT2D eigenvalue weighted by molar-refractivity contribution is 0.341. The number of nitrogen functional groups attached to an aromatic ring is 1. The fourth-order valence-corrected chi connectivity index (χ4v) is 3.96. The highest BCUT2D eigenvalue weighted by Crippen LogP contribution is 2.21. The van der Waals surface area contributed by atoms with Gasteiger partial charge in [-0.25, -0.2) is 13.1 Å². The lowest BCUT2D eigenvalue weighted by Gasteiger charge is -2.31. The van der Waals surface area contributed by atoms with E-state index in [4.69, 9.17) is 5.73 Å². The quantitative estimate of drug-likeness (QED) is 0.756. The normalized spacial score (nSPS) is 12.6. The molecule has 0 aliphatic rings. The summed E-state index contributed by atoms with van der Waals surface area (Å²) in [5, 5.41) is 0. The number of nitrogens with one attached hydrogen (secondary N) is 1. The predicted octanol–water partition coefficient (Wildman–Crippen LogP) is 2.66. The lowest BCUT2D eigenvalue weighted by Crippen LogP contribution is -2.47. The lowest BCUT2D eigenvalue weighted by atomic mass is 9.91. The average molecular weight is 284 g/mol. The average Bonchev–Trinajstić information content (AvgIpc) is 2.39. The van der Waals surface area contributed by atoms with Crippen LogP contribution in [0.5, 0.6) is 0 Å². The molecule has 0 fully saturated rings. The van der Waals surface area contributed by atoms with Gasteiger partial charge in [0.1, 0.15) is 0 Å². The maximum atomic E-state index is 12.2. The van der Waals surface area contributed by atoms with Gasteiger partial charge in [-0.1, -0.05) is 32.9 Å². The van der Waals surface area contributed by atoms with E-state index in [1.165, 1.54) is 0 Å². The minimum absolute atomic E-state index is 0.00493. The Bertz CT molecular complexity index is 482. The maximum absolute atomic E-state index is 12.2. The van der Waals surface area contributed by atoms with Crippen molar-refractivity contribution >= 4 is 15.7 Å². The Labute approximate surface area is 116 Å². The summed E-state index contributed by atoms with van der Waals surface area (Å²) in [6.45, 7) is 6.04. The number of hydrogen-bond acceptors (Lipinski definition) is 3. The molecule has 0 aromatic heterocycles. The molecular formula is C14H24N2O2S. The molecule has 1 aromatic rings. The van der Waals surface area contributed by atoms with E-state index in [9.17, 15) is 8.42 Å². The third-order valence-corrected chi connectivity index (χ3v) is 5.20. The standard InChI is InChI=1S/C14H24N2O2S/c1-4-14(5-2,6-3)16-19(17,18)11-12-7-9-13(15)10-8-12/h7-10,16H,4-6,11,15H2,1-3H3. The van der Waals surface area contributed by atoms with Crippen molar-refractivity contribution in [1.82, 2.24) is 4.72 Å². The molecule has 0 aliphatic carbocycles. The van der Waals surface area contributed by atoms with E-state index in [-0.39, 0.29) is 11.3 Å². The van der Waals surface area contributed by atoms with Gasteiger partial charge >= 0.3 is 0 Å². The molecule has 5 heteroatoms. The van der Waals surface area contributed by atoms with Crippen LogP contribution in [-0.4, -0.2) is 14.0 Å². The largest absolute Gasteiger partial charge is 0.399 e. The van der Waals surface area contributed by atoms with Crippen LogP contribution >= 0.6 is 0 Å². The van der Waals surface area contributed by atoms with Gasteiger partial charge in [-0.3, -0.25) is 0 Å². The van der Waals surface area contributed by atoms with Crippen LogP contribution in [0.2, 0.25) is 0 Å². The van der Waals surface area contributed by atoms with Crippen LogP contribution in [0, 0.1) is 0 Å². The molecule has 0 radical (unpaired) electrons. The third-order valence-electron chi connectivity index (χ3n) is 3.74. The molecule has 19 heavy (non-hydrogen) atoms. The number of anilines is 1. The number of sulfonamides is 1. The molecular weight excluding hydrogens is 260 g/mol. The molecule has 1 rings (SSSR count). The predicted molar refractivity (Wildman–Crippen MR) is 80.2 cm³/mol. The minimum atomic E-state index is -3.33. The fourth-order valence-electron chi connectivity index (χ4n) is 2.17. The first-order valence-electron chi connectivity index (χ1n) is 6.72. The summed E-state index contributed by atoms with van der Waals surface area (Å²) in [4.78, 5) is 0. The van der Waals surface area contributed by atoms with Crippen molar-refractivity contribution in [2.75, 3.05) is 5.73 Å². The highest BCUT2D eigenvalue weighted by atomic mass is 32.2. The fraction of sp³-hybridized carbons (Fsp3) is 0.571. The first-order valence-corrected chi connectivity index (χ1v) is 8.37. The zero-order chi connectivity index (χ0) is 14.5. The Balaban J connectivity index is 2.84. The second-order valence-electron chi connectivity index (χ2n) is 4.94. The first kappa shape index (κ1) is 16.0. The van der Waals surface area contributed by atoms with E-state index in [1.807, 2.05) is 20.8 Å². The summed E-state index contributed by atoms with van der Waals surface area (Å²) >= 11 is 0. The summed E-state index contributed by atoms with van der Waals surface area (Å²) in [7, 11) is -3.33. The van der Waals surface area contributed by atoms with Gasteiger partial charge in [-0.05, 0) is 37.0 Å². The molecule has 108 valence electrons. The van der Waals surface area contributed by atoms with Crippen LogP contribution in [0.4, 0.5) is 5.69 Å². The molecule has 0 spiro atoms. The van der Waals surface area contributed by atoms with Crippen LogP contribution in [0.3, 0.4) is 0 Å². The van der Waals surface area contributed by atoms with Crippen molar-refractivity contribution in [1.29, 1.82) is 0 Å². The second kappa shape index (κ2) is 6.39. The van der Waals surface area contributed by atoms with Gasteiger partial charge in [-0.2, -0.15) is 0 Å². The van der Waals surface area contributed by atoms with Crippen molar-refractivity contribution in [2.24, 2.45) is 0 Å². The van der Waals surface area contributed by atoms with E-state index < -0.39 is 10.0 Å². The molecule has 3 N–H and O–H groups in total. The molecule has 0 bridgehead atoms. The minimum Gasteiger partial charge on any atom is -0.399 e. The molecule has 0 saturated carbocycles. The number of hydrogen-bond donors (Lipinski definition) is 2. The van der Waals surface area contributed by atoms with E-state index >= 15 is 0 Å². The molecule has 4 nitrogen and oxygen atoms in total. The van der Waals surface area contributed by atoms with E-state index in [2.05, 4.69) is 4.72 Å². The van der Waals surface area contributed by atoms with Gasteiger partial charge in [0.2, 0.25) is 10.0 Å².